The van der Waals surface area contributed by atoms with Crippen LogP contribution in [0.2, 0.25) is 0 Å². The van der Waals surface area contributed by atoms with E-state index in [0.717, 1.165) is 29.8 Å². The minimum absolute atomic E-state index is 0. The first kappa shape index (κ1) is 20.7. The molecule has 2 unspecified atom stereocenters. The largest absolute Gasteiger partial charge is 0.326 e. The summed E-state index contributed by atoms with van der Waals surface area (Å²) in [5.74, 6) is 0.450. The number of amides is 2. The lowest BCUT2D eigenvalue weighted by molar-refractivity contribution is -0.119. The van der Waals surface area contributed by atoms with Gasteiger partial charge in [-0.25, -0.2) is 0 Å². The highest BCUT2D eigenvalue weighted by molar-refractivity contribution is 5.95. The molecule has 1 aromatic rings. The van der Waals surface area contributed by atoms with E-state index in [1.165, 1.54) is 12.8 Å². The Morgan fingerprint density at radius 1 is 1.15 bits per heavy atom. The Morgan fingerprint density at radius 3 is 2.42 bits per heavy atom. The second-order valence-electron chi connectivity index (χ2n) is 7.90. The molecule has 3 rings (SSSR count). The molecule has 2 aliphatic heterocycles. The summed E-state index contributed by atoms with van der Waals surface area (Å²) in [5, 5.41) is 9.54. The van der Waals surface area contributed by atoms with Crippen LogP contribution >= 0.6 is 12.4 Å². The van der Waals surface area contributed by atoms with Gasteiger partial charge >= 0.3 is 0 Å². The van der Waals surface area contributed by atoms with Gasteiger partial charge in [0.1, 0.15) is 0 Å². The van der Waals surface area contributed by atoms with Crippen LogP contribution < -0.4 is 16.0 Å². The second-order valence-corrected chi connectivity index (χ2v) is 7.90. The van der Waals surface area contributed by atoms with Crippen molar-refractivity contribution in [3.05, 3.63) is 23.8 Å². The number of benzene rings is 1. The summed E-state index contributed by atoms with van der Waals surface area (Å²) in [4.78, 5) is 24.3. The Labute approximate surface area is 162 Å². The van der Waals surface area contributed by atoms with Gasteiger partial charge in [0.05, 0.1) is 0 Å². The van der Waals surface area contributed by atoms with Crippen molar-refractivity contribution in [2.45, 2.75) is 65.0 Å². The normalized spacial score (nSPS) is 24.1. The Hall–Kier alpha value is -1.59. The predicted molar refractivity (Wildman–Crippen MR) is 108 cm³/mol. The minimum atomic E-state index is -0.0744. The standard InChI is InChI=1S/C20H29N3O2.ClH/c1-12(2)20(25)22-17-5-4-13(3)18(11-17)23-19(24)10-14-8-15-6-7-16(9-14)21-15;/h4-5,11-12,14-16,21H,6-10H2,1-3H3,(H,22,25)(H,23,24);1H. The van der Waals surface area contributed by atoms with Gasteiger partial charge in [0.2, 0.25) is 11.8 Å². The number of carbonyl (C=O) groups excluding carboxylic acids is 2. The molecule has 0 aromatic heterocycles. The molecule has 26 heavy (non-hydrogen) atoms. The van der Waals surface area contributed by atoms with Crippen LogP contribution in [0.1, 0.15) is 51.5 Å². The molecule has 2 aliphatic rings. The summed E-state index contributed by atoms with van der Waals surface area (Å²) in [6.45, 7) is 5.69. The smallest absolute Gasteiger partial charge is 0.226 e. The van der Waals surface area contributed by atoms with E-state index in [9.17, 15) is 9.59 Å². The van der Waals surface area contributed by atoms with Gasteiger partial charge in [0, 0.05) is 35.8 Å². The average Bonchev–Trinajstić information content (AvgIpc) is 2.89. The lowest BCUT2D eigenvalue weighted by atomic mass is 9.89. The first-order chi connectivity index (χ1) is 11.9. The molecule has 6 heteroatoms. The van der Waals surface area contributed by atoms with Crippen LogP contribution in [-0.4, -0.2) is 23.9 Å². The van der Waals surface area contributed by atoms with E-state index in [4.69, 9.17) is 0 Å². The Morgan fingerprint density at radius 2 is 1.81 bits per heavy atom. The number of halogens is 1. The first-order valence-corrected chi connectivity index (χ1v) is 9.38. The van der Waals surface area contributed by atoms with Crippen LogP contribution in [0.15, 0.2) is 18.2 Å². The van der Waals surface area contributed by atoms with Crippen molar-refractivity contribution in [3.63, 3.8) is 0 Å². The monoisotopic (exact) mass is 379 g/mol. The van der Waals surface area contributed by atoms with Gasteiger partial charge in [-0.2, -0.15) is 0 Å². The number of fused-ring (bicyclic) bond motifs is 2. The van der Waals surface area contributed by atoms with E-state index in [1.54, 1.807) is 0 Å². The molecule has 0 radical (unpaired) electrons. The molecule has 2 bridgehead atoms. The number of hydrogen-bond acceptors (Lipinski definition) is 3. The van der Waals surface area contributed by atoms with Gasteiger partial charge in [-0.05, 0) is 56.2 Å². The molecular formula is C20H30ClN3O2. The van der Waals surface area contributed by atoms with Gasteiger partial charge < -0.3 is 16.0 Å². The van der Waals surface area contributed by atoms with E-state index in [2.05, 4.69) is 16.0 Å². The Kier molecular flexibility index (Phi) is 7.07. The highest BCUT2D eigenvalue weighted by atomic mass is 35.5. The third-order valence-corrected chi connectivity index (χ3v) is 5.35. The number of rotatable bonds is 5. The zero-order valence-corrected chi connectivity index (χ0v) is 16.6. The van der Waals surface area contributed by atoms with Crippen molar-refractivity contribution in [3.8, 4) is 0 Å². The lowest BCUT2D eigenvalue weighted by Gasteiger charge is -2.28. The SMILES string of the molecule is Cc1ccc(NC(=O)C(C)C)cc1NC(=O)CC1CC2CCC(C1)N2.Cl. The highest BCUT2D eigenvalue weighted by Gasteiger charge is 2.34. The molecule has 0 spiro atoms. The first-order valence-electron chi connectivity index (χ1n) is 9.38. The van der Waals surface area contributed by atoms with Crippen molar-refractivity contribution in [1.29, 1.82) is 0 Å². The van der Waals surface area contributed by atoms with Crippen molar-refractivity contribution in [1.82, 2.24) is 5.32 Å². The highest BCUT2D eigenvalue weighted by Crippen LogP contribution is 2.33. The maximum atomic E-state index is 12.5. The van der Waals surface area contributed by atoms with Crippen LogP contribution in [0.25, 0.3) is 0 Å². The zero-order chi connectivity index (χ0) is 18.0. The molecule has 2 heterocycles. The van der Waals surface area contributed by atoms with Crippen LogP contribution in [0.5, 0.6) is 0 Å². The summed E-state index contributed by atoms with van der Waals surface area (Å²) in [5.41, 5.74) is 2.50. The maximum absolute atomic E-state index is 12.5. The van der Waals surface area contributed by atoms with E-state index in [1.807, 2.05) is 39.0 Å². The maximum Gasteiger partial charge on any atom is 0.226 e. The molecule has 2 atom stereocenters. The van der Waals surface area contributed by atoms with Crippen LogP contribution in [0.4, 0.5) is 11.4 Å². The fourth-order valence-corrected chi connectivity index (χ4v) is 3.93. The van der Waals surface area contributed by atoms with E-state index in [-0.39, 0.29) is 30.1 Å². The van der Waals surface area contributed by atoms with Crippen molar-refractivity contribution in [2.75, 3.05) is 10.6 Å². The summed E-state index contributed by atoms with van der Waals surface area (Å²) in [7, 11) is 0. The molecule has 2 amide bonds. The molecule has 1 aromatic carbocycles. The van der Waals surface area contributed by atoms with Gasteiger partial charge in [0.25, 0.3) is 0 Å². The van der Waals surface area contributed by atoms with Crippen LogP contribution in [0, 0.1) is 18.8 Å². The quantitative estimate of drug-likeness (QED) is 0.727. The van der Waals surface area contributed by atoms with E-state index in [0.29, 0.717) is 24.4 Å². The van der Waals surface area contributed by atoms with Gasteiger partial charge in [-0.1, -0.05) is 19.9 Å². The molecule has 144 valence electrons. The zero-order valence-electron chi connectivity index (χ0n) is 15.8. The van der Waals surface area contributed by atoms with Crippen LogP contribution in [-0.2, 0) is 9.59 Å². The van der Waals surface area contributed by atoms with Crippen molar-refractivity contribution >= 4 is 35.6 Å². The fourth-order valence-electron chi connectivity index (χ4n) is 3.93. The van der Waals surface area contributed by atoms with Crippen molar-refractivity contribution < 1.29 is 9.59 Å². The van der Waals surface area contributed by atoms with Gasteiger partial charge in [-0.15, -0.1) is 12.4 Å². The van der Waals surface area contributed by atoms with E-state index < -0.39 is 0 Å². The van der Waals surface area contributed by atoms with Gasteiger partial charge in [-0.3, -0.25) is 9.59 Å². The second kappa shape index (κ2) is 8.87. The number of carbonyl (C=O) groups is 2. The number of piperidine rings is 1. The molecule has 0 aliphatic carbocycles. The Balaban J connectivity index is 0.00000243. The van der Waals surface area contributed by atoms with Crippen LogP contribution in [0.3, 0.4) is 0 Å². The molecule has 2 saturated heterocycles. The van der Waals surface area contributed by atoms with Crippen molar-refractivity contribution in [2.24, 2.45) is 11.8 Å². The number of anilines is 2. The average molecular weight is 380 g/mol. The fraction of sp³-hybridized carbons (Fsp3) is 0.600. The predicted octanol–water partition coefficient (Wildman–Crippen LogP) is 3.87. The summed E-state index contributed by atoms with van der Waals surface area (Å²) in [6, 6.07) is 6.85. The lowest BCUT2D eigenvalue weighted by Crippen LogP contribution is -2.39. The number of aryl methyl sites for hydroxylation is 1. The third-order valence-electron chi connectivity index (χ3n) is 5.35. The summed E-state index contributed by atoms with van der Waals surface area (Å²) >= 11 is 0. The topological polar surface area (TPSA) is 70.2 Å². The molecule has 2 fully saturated rings. The number of hydrogen-bond donors (Lipinski definition) is 3. The molecule has 5 nitrogen and oxygen atoms in total. The molecule has 3 N–H and O–H groups in total. The number of nitrogens with one attached hydrogen (secondary N) is 3. The summed E-state index contributed by atoms with van der Waals surface area (Å²) in [6.07, 6.45) is 5.29. The summed E-state index contributed by atoms with van der Waals surface area (Å²) < 4.78 is 0. The Bertz CT molecular complexity index is 650. The minimum Gasteiger partial charge on any atom is -0.326 e. The third kappa shape index (κ3) is 5.21. The van der Waals surface area contributed by atoms with E-state index >= 15 is 0 Å². The molecular weight excluding hydrogens is 350 g/mol. The van der Waals surface area contributed by atoms with Gasteiger partial charge in [0.15, 0.2) is 0 Å². The molecule has 0 saturated carbocycles.